The minimum Gasteiger partial charge on any atom is -0.507 e. The van der Waals surface area contributed by atoms with E-state index in [1.165, 1.54) is 6.42 Å². The molecule has 2 heterocycles. The summed E-state index contributed by atoms with van der Waals surface area (Å²) in [6.07, 6.45) is 2.36. The Bertz CT molecular complexity index is 972. The third-order valence-corrected chi connectivity index (χ3v) is 5.56. The third-order valence-electron chi connectivity index (χ3n) is 5.56. The molecule has 2 aromatic carbocycles. The van der Waals surface area contributed by atoms with Gasteiger partial charge in [-0.2, -0.15) is 0 Å². The van der Waals surface area contributed by atoms with Crippen LogP contribution in [-0.2, 0) is 0 Å². The molecule has 27 heavy (non-hydrogen) atoms. The van der Waals surface area contributed by atoms with E-state index < -0.39 is 0 Å². The number of piperidine rings is 1. The summed E-state index contributed by atoms with van der Waals surface area (Å²) in [5, 5.41) is 21.6. The van der Waals surface area contributed by atoms with Crippen molar-refractivity contribution < 1.29 is 5.11 Å². The van der Waals surface area contributed by atoms with Crippen LogP contribution in [0.2, 0.25) is 0 Å². The van der Waals surface area contributed by atoms with Crippen LogP contribution in [-0.4, -0.2) is 53.4 Å². The molecule has 1 aliphatic heterocycles. The smallest absolute Gasteiger partial charge is 0.159 e. The van der Waals surface area contributed by atoms with Gasteiger partial charge in [-0.1, -0.05) is 30.3 Å². The Hall–Kier alpha value is -2.66. The first-order valence-electron chi connectivity index (χ1n) is 9.51. The molecule has 3 aromatic rings. The average Bonchev–Trinajstić information content (AvgIpc) is 2.67. The van der Waals surface area contributed by atoms with Crippen LogP contribution in [0.15, 0.2) is 42.5 Å². The van der Waals surface area contributed by atoms with Crippen LogP contribution in [0, 0.1) is 6.92 Å². The highest BCUT2D eigenvalue weighted by Crippen LogP contribution is 2.36. The van der Waals surface area contributed by atoms with Crippen LogP contribution < -0.4 is 4.90 Å². The summed E-state index contributed by atoms with van der Waals surface area (Å²) in [5.74, 6) is 1.14. The molecule has 0 amide bonds. The maximum absolute atomic E-state index is 10.4. The SMILES string of the molecule is Cc1ccc(-c2nnc(N(C)C3CCCN(C)C3)c3ccccc23)c(O)c1. The number of nitrogens with zero attached hydrogens (tertiary/aromatic N) is 4. The van der Waals surface area contributed by atoms with E-state index in [0.29, 0.717) is 6.04 Å². The van der Waals surface area contributed by atoms with Crippen molar-refractivity contribution in [1.82, 2.24) is 15.1 Å². The molecule has 1 fully saturated rings. The van der Waals surface area contributed by atoms with Gasteiger partial charge in [0.2, 0.25) is 0 Å². The number of hydrogen-bond acceptors (Lipinski definition) is 5. The fourth-order valence-corrected chi connectivity index (χ4v) is 4.02. The van der Waals surface area contributed by atoms with E-state index in [1.807, 2.05) is 31.2 Å². The third kappa shape index (κ3) is 3.35. The number of aryl methyl sites for hydroxylation is 1. The Morgan fingerprint density at radius 1 is 1.11 bits per heavy atom. The van der Waals surface area contributed by atoms with E-state index in [0.717, 1.165) is 52.9 Å². The van der Waals surface area contributed by atoms with Gasteiger partial charge >= 0.3 is 0 Å². The van der Waals surface area contributed by atoms with E-state index in [-0.39, 0.29) is 5.75 Å². The van der Waals surface area contributed by atoms with Crippen molar-refractivity contribution >= 4 is 16.6 Å². The van der Waals surface area contributed by atoms with Gasteiger partial charge < -0.3 is 14.9 Å². The number of phenolic OH excluding ortho intramolecular Hbond substituents is 1. The standard InChI is InChI=1S/C22H26N4O/c1-15-10-11-19(20(27)13-15)21-17-8-4-5-9-18(17)22(24-23-21)26(3)16-7-6-12-25(2)14-16/h4-5,8-11,13,16,27H,6-7,12,14H2,1-3H3. The Morgan fingerprint density at radius 2 is 1.89 bits per heavy atom. The van der Waals surface area contributed by atoms with Crippen LogP contribution in [0.5, 0.6) is 5.75 Å². The summed E-state index contributed by atoms with van der Waals surface area (Å²) < 4.78 is 0. The monoisotopic (exact) mass is 362 g/mol. The Kier molecular flexibility index (Phi) is 4.70. The second-order valence-electron chi connectivity index (χ2n) is 7.61. The van der Waals surface area contributed by atoms with Gasteiger partial charge in [0, 0.05) is 36.0 Å². The minimum absolute atomic E-state index is 0.240. The van der Waals surface area contributed by atoms with Crippen molar-refractivity contribution in [3.63, 3.8) is 0 Å². The van der Waals surface area contributed by atoms with Crippen molar-refractivity contribution in [3.05, 3.63) is 48.0 Å². The van der Waals surface area contributed by atoms with Crippen LogP contribution in [0.4, 0.5) is 5.82 Å². The first kappa shape index (κ1) is 17.7. The molecule has 0 aliphatic carbocycles. The highest BCUT2D eigenvalue weighted by molar-refractivity contribution is 6.01. The molecule has 5 heteroatoms. The highest BCUT2D eigenvalue weighted by Gasteiger charge is 2.24. The van der Waals surface area contributed by atoms with E-state index in [4.69, 9.17) is 0 Å². The zero-order valence-corrected chi connectivity index (χ0v) is 16.2. The Morgan fingerprint density at radius 3 is 2.63 bits per heavy atom. The maximum Gasteiger partial charge on any atom is 0.159 e. The number of fused-ring (bicyclic) bond motifs is 1. The number of aromatic hydroxyl groups is 1. The molecule has 0 bridgehead atoms. The lowest BCUT2D eigenvalue weighted by Crippen LogP contribution is -2.45. The van der Waals surface area contributed by atoms with Crippen LogP contribution in [0.25, 0.3) is 22.0 Å². The molecular weight excluding hydrogens is 336 g/mol. The number of likely N-dealkylation sites (N-methyl/N-ethyl adjacent to an activating group) is 2. The summed E-state index contributed by atoms with van der Waals surface area (Å²) in [6.45, 7) is 4.15. The van der Waals surface area contributed by atoms with Gasteiger partial charge in [-0.05, 0) is 51.1 Å². The van der Waals surface area contributed by atoms with Gasteiger partial charge in [-0.15, -0.1) is 10.2 Å². The second-order valence-corrected chi connectivity index (χ2v) is 7.61. The fraction of sp³-hybridized carbons (Fsp3) is 0.364. The van der Waals surface area contributed by atoms with Gasteiger partial charge in [0.05, 0.1) is 0 Å². The second kappa shape index (κ2) is 7.16. The molecule has 0 saturated carbocycles. The molecule has 1 atom stereocenters. The van der Waals surface area contributed by atoms with Crippen molar-refractivity contribution in [2.24, 2.45) is 0 Å². The summed E-state index contributed by atoms with van der Waals surface area (Å²) >= 11 is 0. The van der Waals surface area contributed by atoms with Crippen molar-refractivity contribution in [2.75, 3.05) is 32.1 Å². The molecule has 1 aromatic heterocycles. The molecule has 1 N–H and O–H groups in total. The maximum atomic E-state index is 10.4. The molecular formula is C22H26N4O. The molecule has 1 aliphatic rings. The number of anilines is 1. The first-order chi connectivity index (χ1) is 13.0. The molecule has 140 valence electrons. The lowest BCUT2D eigenvalue weighted by Gasteiger charge is -2.36. The van der Waals surface area contributed by atoms with E-state index in [9.17, 15) is 5.11 Å². The summed E-state index contributed by atoms with van der Waals surface area (Å²) in [5.41, 5.74) is 2.46. The number of hydrogen-bond donors (Lipinski definition) is 1. The van der Waals surface area contributed by atoms with Crippen molar-refractivity contribution in [2.45, 2.75) is 25.8 Å². The molecule has 0 spiro atoms. The zero-order valence-electron chi connectivity index (χ0n) is 16.2. The van der Waals surface area contributed by atoms with E-state index in [2.05, 4.69) is 46.2 Å². The highest BCUT2D eigenvalue weighted by atomic mass is 16.3. The normalized spacial score (nSPS) is 18.0. The predicted molar refractivity (Wildman–Crippen MR) is 110 cm³/mol. The van der Waals surface area contributed by atoms with Gasteiger partial charge in [0.1, 0.15) is 11.4 Å². The Balaban J connectivity index is 1.81. The number of rotatable bonds is 3. The first-order valence-corrected chi connectivity index (χ1v) is 9.51. The van der Waals surface area contributed by atoms with Crippen LogP contribution in [0.1, 0.15) is 18.4 Å². The van der Waals surface area contributed by atoms with Crippen molar-refractivity contribution in [3.8, 4) is 17.0 Å². The number of phenols is 1. The zero-order chi connectivity index (χ0) is 19.0. The molecule has 0 radical (unpaired) electrons. The van der Waals surface area contributed by atoms with Crippen LogP contribution in [0.3, 0.4) is 0 Å². The number of aromatic nitrogens is 2. The average molecular weight is 362 g/mol. The van der Waals surface area contributed by atoms with E-state index in [1.54, 1.807) is 6.07 Å². The predicted octanol–water partition coefficient (Wildman–Crippen LogP) is 3.84. The molecule has 4 rings (SSSR count). The molecule has 1 saturated heterocycles. The number of benzene rings is 2. The van der Waals surface area contributed by atoms with Crippen molar-refractivity contribution in [1.29, 1.82) is 0 Å². The minimum atomic E-state index is 0.240. The Labute approximate surface area is 160 Å². The van der Waals surface area contributed by atoms with Gasteiger partial charge in [-0.3, -0.25) is 0 Å². The largest absolute Gasteiger partial charge is 0.507 e. The van der Waals surface area contributed by atoms with Crippen LogP contribution >= 0.6 is 0 Å². The fourth-order valence-electron chi connectivity index (χ4n) is 4.02. The summed E-state index contributed by atoms with van der Waals surface area (Å²) in [6, 6.07) is 14.3. The lowest BCUT2D eigenvalue weighted by atomic mass is 10.0. The van der Waals surface area contributed by atoms with E-state index >= 15 is 0 Å². The molecule has 1 unspecified atom stereocenters. The summed E-state index contributed by atoms with van der Waals surface area (Å²) in [7, 11) is 4.29. The molecule has 5 nitrogen and oxygen atoms in total. The lowest BCUT2D eigenvalue weighted by molar-refractivity contribution is 0.247. The topological polar surface area (TPSA) is 52.5 Å². The van der Waals surface area contributed by atoms with Gasteiger partial charge in [-0.25, -0.2) is 0 Å². The quantitative estimate of drug-likeness (QED) is 0.767. The number of likely N-dealkylation sites (tertiary alicyclic amines) is 1. The van der Waals surface area contributed by atoms with Gasteiger partial charge in [0.15, 0.2) is 5.82 Å². The summed E-state index contributed by atoms with van der Waals surface area (Å²) in [4.78, 5) is 4.64. The van der Waals surface area contributed by atoms with Gasteiger partial charge in [0.25, 0.3) is 0 Å².